The van der Waals surface area contributed by atoms with E-state index in [0.717, 1.165) is 6.29 Å². The minimum atomic E-state index is -0.337. The maximum atomic E-state index is 10.5. The topological polar surface area (TPSA) is 17.1 Å². The van der Waals surface area contributed by atoms with Gasteiger partial charge in [-0.1, -0.05) is 18.2 Å². The molecule has 0 fully saturated rings. The summed E-state index contributed by atoms with van der Waals surface area (Å²) in [6.45, 7) is 7.38. The highest BCUT2D eigenvalue weighted by Crippen LogP contribution is 2.19. The Hall–Kier alpha value is -0.850. The number of rotatable bonds is 4. The summed E-state index contributed by atoms with van der Waals surface area (Å²) in [5.74, 6) is 0. The van der Waals surface area contributed by atoms with Gasteiger partial charge >= 0.3 is 0 Å². The Morgan fingerprint density at radius 2 is 2.20 bits per heavy atom. The zero-order chi connectivity index (χ0) is 8.04. The first-order valence-corrected chi connectivity index (χ1v) is 3.39. The Bertz CT molecular complexity index is 147. The lowest BCUT2D eigenvalue weighted by molar-refractivity contribution is -0.113. The van der Waals surface area contributed by atoms with Crippen LogP contribution in [0.25, 0.3) is 0 Å². The predicted octanol–water partition coefficient (Wildman–Crippen LogP) is 2.34. The maximum absolute atomic E-state index is 10.5. The van der Waals surface area contributed by atoms with Gasteiger partial charge in [0.05, 0.1) is 0 Å². The summed E-state index contributed by atoms with van der Waals surface area (Å²) in [7, 11) is 0. The Balaban J connectivity index is 4.20. The van der Waals surface area contributed by atoms with Gasteiger partial charge < -0.3 is 4.79 Å². The van der Waals surface area contributed by atoms with Crippen molar-refractivity contribution in [1.29, 1.82) is 0 Å². The fourth-order valence-electron chi connectivity index (χ4n) is 0.847. The third-order valence-corrected chi connectivity index (χ3v) is 1.40. The lowest BCUT2D eigenvalue weighted by Gasteiger charge is -2.14. The van der Waals surface area contributed by atoms with E-state index in [0.29, 0.717) is 6.42 Å². The SMILES string of the molecule is C=CCC(C)(C=O)/C=C/C. The van der Waals surface area contributed by atoms with Gasteiger partial charge in [0.15, 0.2) is 0 Å². The summed E-state index contributed by atoms with van der Waals surface area (Å²) in [6, 6.07) is 0. The highest BCUT2D eigenvalue weighted by Gasteiger charge is 2.16. The van der Waals surface area contributed by atoms with E-state index in [9.17, 15) is 4.79 Å². The standard InChI is InChI=1S/C9H14O/c1-4-6-9(3,8-10)7-5-2/h4-5,7-8H,1,6H2,2-3H3/b7-5+. The fourth-order valence-corrected chi connectivity index (χ4v) is 0.847. The summed E-state index contributed by atoms with van der Waals surface area (Å²) in [5, 5.41) is 0. The molecule has 0 bridgehead atoms. The van der Waals surface area contributed by atoms with Crippen LogP contribution in [0.3, 0.4) is 0 Å². The van der Waals surface area contributed by atoms with E-state index in [-0.39, 0.29) is 5.41 Å². The van der Waals surface area contributed by atoms with Gasteiger partial charge in [-0.2, -0.15) is 0 Å². The highest BCUT2D eigenvalue weighted by molar-refractivity contribution is 5.62. The first-order valence-electron chi connectivity index (χ1n) is 3.39. The molecule has 10 heavy (non-hydrogen) atoms. The van der Waals surface area contributed by atoms with Crippen molar-refractivity contribution in [2.45, 2.75) is 20.3 Å². The molecule has 0 spiro atoms. The third kappa shape index (κ3) is 2.62. The molecule has 0 aliphatic rings. The van der Waals surface area contributed by atoms with Crippen molar-refractivity contribution in [3.63, 3.8) is 0 Å². The van der Waals surface area contributed by atoms with Crippen molar-refractivity contribution >= 4 is 6.29 Å². The highest BCUT2D eigenvalue weighted by atomic mass is 16.1. The Labute approximate surface area is 62.4 Å². The van der Waals surface area contributed by atoms with Crippen molar-refractivity contribution in [2.75, 3.05) is 0 Å². The second kappa shape index (κ2) is 4.04. The predicted molar refractivity (Wildman–Crippen MR) is 43.8 cm³/mol. The second-order valence-electron chi connectivity index (χ2n) is 2.62. The second-order valence-corrected chi connectivity index (χ2v) is 2.62. The molecule has 0 aromatic rings. The third-order valence-electron chi connectivity index (χ3n) is 1.40. The number of carbonyl (C=O) groups is 1. The molecular formula is C9H14O. The van der Waals surface area contributed by atoms with Gasteiger partial charge in [-0.25, -0.2) is 0 Å². The molecule has 0 heterocycles. The largest absolute Gasteiger partial charge is 0.302 e. The maximum Gasteiger partial charge on any atom is 0.129 e. The molecule has 56 valence electrons. The molecule has 1 unspecified atom stereocenters. The minimum Gasteiger partial charge on any atom is -0.302 e. The van der Waals surface area contributed by atoms with Gasteiger partial charge in [0, 0.05) is 5.41 Å². The number of hydrogen-bond acceptors (Lipinski definition) is 1. The quantitative estimate of drug-likeness (QED) is 0.430. The molecule has 1 atom stereocenters. The first-order chi connectivity index (χ1) is 4.68. The van der Waals surface area contributed by atoms with Gasteiger partial charge in [-0.15, -0.1) is 6.58 Å². The van der Waals surface area contributed by atoms with Crippen LogP contribution < -0.4 is 0 Å². The molecule has 0 aliphatic carbocycles. The van der Waals surface area contributed by atoms with Crippen molar-refractivity contribution in [2.24, 2.45) is 5.41 Å². The summed E-state index contributed by atoms with van der Waals surface area (Å²) < 4.78 is 0. The van der Waals surface area contributed by atoms with E-state index in [1.54, 1.807) is 6.08 Å². The van der Waals surface area contributed by atoms with Crippen molar-refractivity contribution in [3.8, 4) is 0 Å². The Kier molecular flexibility index (Phi) is 3.70. The number of carbonyl (C=O) groups excluding carboxylic acids is 1. The molecule has 0 radical (unpaired) electrons. The van der Waals surface area contributed by atoms with E-state index in [1.807, 2.05) is 26.0 Å². The average molecular weight is 138 g/mol. The van der Waals surface area contributed by atoms with Crippen molar-refractivity contribution in [3.05, 3.63) is 24.8 Å². The summed E-state index contributed by atoms with van der Waals surface area (Å²) in [5.41, 5.74) is -0.337. The lowest BCUT2D eigenvalue weighted by atomic mass is 9.88. The van der Waals surface area contributed by atoms with E-state index < -0.39 is 0 Å². The van der Waals surface area contributed by atoms with E-state index >= 15 is 0 Å². The molecular weight excluding hydrogens is 124 g/mol. The summed E-state index contributed by atoms with van der Waals surface area (Å²) in [4.78, 5) is 10.5. The lowest BCUT2D eigenvalue weighted by Crippen LogP contribution is -2.12. The van der Waals surface area contributed by atoms with Crippen molar-refractivity contribution < 1.29 is 4.79 Å². The molecule has 0 saturated heterocycles. The van der Waals surface area contributed by atoms with Gasteiger partial charge in [-0.3, -0.25) is 0 Å². The van der Waals surface area contributed by atoms with Crippen LogP contribution in [0.4, 0.5) is 0 Å². The molecule has 0 aliphatic heterocycles. The molecule has 0 N–H and O–H groups in total. The summed E-state index contributed by atoms with van der Waals surface area (Å²) >= 11 is 0. The van der Waals surface area contributed by atoms with Gasteiger partial charge in [0.25, 0.3) is 0 Å². The van der Waals surface area contributed by atoms with Crippen LogP contribution >= 0.6 is 0 Å². The smallest absolute Gasteiger partial charge is 0.129 e. The van der Waals surface area contributed by atoms with Crippen LogP contribution in [0.1, 0.15) is 20.3 Å². The Morgan fingerprint density at radius 1 is 1.60 bits per heavy atom. The van der Waals surface area contributed by atoms with Gasteiger partial charge in [-0.05, 0) is 20.3 Å². The molecule has 0 amide bonds. The minimum absolute atomic E-state index is 0.337. The van der Waals surface area contributed by atoms with Crippen LogP contribution in [0.2, 0.25) is 0 Å². The van der Waals surface area contributed by atoms with Crippen LogP contribution in [-0.2, 0) is 4.79 Å². The zero-order valence-corrected chi connectivity index (χ0v) is 6.63. The van der Waals surface area contributed by atoms with E-state index in [1.165, 1.54) is 0 Å². The molecule has 0 rings (SSSR count). The normalized spacial score (nSPS) is 16.6. The van der Waals surface area contributed by atoms with E-state index in [4.69, 9.17) is 0 Å². The van der Waals surface area contributed by atoms with Crippen molar-refractivity contribution in [1.82, 2.24) is 0 Å². The van der Waals surface area contributed by atoms with Gasteiger partial charge in [0.1, 0.15) is 6.29 Å². The molecule has 1 nitrogen and oxygen atoms in total. The molecule has 0 saturated carbocycles. The number of allylic oxidation sites excluding steroid dienone is 3. The van der Waals surface area contributed by atoms with Gasteiger partial charge in [0.2, 0.25) is 0 Å². The number of hydrogen-bond donors (Lipinski definition) is 0. The molecule has 0 aromatic carbocycles. The monoisotopic (exact) mass is 138 g/mol. The first kappa shape index (κ1) is 9.15. The fraction of sp³-hybridized carbons (Fsp3) is 0.444. The van der Waals surface area contributed by atoms with Crippen LogP contribution in [0, 0.1) is 5.41 Å². The number of aldehydes is 1. The molecule has 0 aromatic heterocycles. The van der Waals surface area contributed by atoms with Crippen LogP contribution in [0.5, 0.6) is 0 Å². The van der Waals surface area contributed by atoms with E-state index in [2.05, 4.69) is 6.58 Å². The summed E-state index contributed by atoms with van der Waals surface area (Å²) in [6.07, 6.45) is 7.20. The zero-order valence-electron chi connectivity index (χ0n) is 6.63. The molecule has 1 heteroatoms. The average Bonchev–Trinajstić information content (AvgIpc) is 1.89. The Morgan fingerprint density at radius 3 is 2.50 bits per heavy atom. The van der Waals surface area contributed by atoms with Crippen LogP contribution in [0.15, 0.2) is 24.8 Å². The van der Waals surface area contributed by atoms with Crippen LogP contribution in [-0.4, -0.2) is 6.29 Å².